The molecule has 1 aromatic carbocycles. The van der Waals surface area contributed by atoms with E-state index in [9.17, 15) is 0 Å². The van der Waals surface area contributed by atoms with Gasteiger partial charge in [-0.15, -0.1) is 0 Å². The van der Waals surface area contributed by atoms with Gasteiger partial charge >= 0.3 is 0 Å². The highest BCUT2D eigenvalue weighted by molar-refractivity contribution is 5.95. The van der Waals surface area contributed by atoms with Crippen LogP contribution in [-0.4, -0.2) is 12.4 Å². The lowest BCUT2D eigenvalue weighted by Gasteiger charge is -2.11. The van der Waals surface area contributed by atoms with E-state index in [2.05, 4.69) is 13.8 Å². The second-order valence-electron chi connectivity index (χ2n) is 4.42. The monoisotopic (exact) mass is 220 g/mol. The molecule has 0 saturated carbocycles. The van der Waals surface area contributed by atoms with Crippen LogP contribution in [0.3, 0.4) is 0 Å². The molecule has 0 saturated heterocycles. The molecule has 0 aliphatic carbocycles. The second-order valence-corrected chi connectivity index (χ2v) is 4.42. The molecule has 16 heavy (non-hydrogen) atoms. The van der Waals surface area contributed by atoms with Gasteiger partial charge in [-0.2, -0.15) is 0 Å². The molecule has 3 heteroatoms. The van der Waals surface area contributed by atoms with E-state index < -0.39 is 0 Å². The van der Waals surface area contributed by atoms with Crippen molar-refractivity contribution < 1.29 is 4.74 Å². The van der Waals surface area contributed by atoms with Crippen LogP contribution in [0.1, 0.15) is 31.4 Å². The summed E-state index contributed by atoms with van der Waals surface area (Å²) in [5, 5.41) is 7.37. The standard InChI is InChI=1S/C13H20N2O/c1-9(2)6-7-16-12-8-11(13(14)15)5-4-10(12)3/h4-5,8-9H,6-7H2,1-3H3,(H3,14,15). The zero-order chi connectivity index (χ0) is 12.1. The van der Waals surface area contributed by atoms with Crippen molar-refractivity contribution in [1.29, 1.82) is 5.41 Å². The zero-order valence-corrected chi connectivity index (χ0v) is 10.2. The van der Waals surface area contributed by atoms with Gasteiger partial charge in [0.05, 0.1) is 6.61 Å². The lowest BCUT2D eigenvalue weighted by atomic mass is 10.1. The van der Waals surface area contributed by atoms with Gasteiger partial charge in [0, 0.05) is 5.56 Å². The highest BCUT2D eigenvalue weighted by Gasteiger charge is 2.04. The lowest BCUT2D eigenvalue weighted by Crippen LogP contribution is -2.11. The molecule has 0 amide bonds. The van der Waals surface area contributed by atoms with Crippen molar-refractivity contribution in [3.8, 4) is 5.75 Å². The molecule has 3 N–H and O–H groups in total. The number of ether oxygens (including phenoxy) is 1. The summed E-state index contributed by atoms with van der Waals surface area (Å²) in [4.78, 5) is 0. The first kappa shape index (κ1) is 12.6. The average molecular weight is 220 g/mol. The number of nitrogens with one attached hydrogen (secondary N) is 1. The molecule has 0 aliphatic heterocycles. The van der Waals surface area contributed by atoms with Crippen molar-refractivity contribution in [3.63, 3.8) is 0 Å². The number of nitrogens with two attached hydrogens (primary N) is 1. The van der Waals surface area contributed by atoms with E-state index in [0.29, 0.717) is 18.1 Å². The van der Waals surface area contributed by atoms with E-state index in [-0.39, 0.29) is 5.84 Å². The maximum absolute atomic E-state index is 7.37. The Morgan fingerprint density at radius 1 is 1.44 bits per heavy atom. The molecule has 0 bridgehead atoms. The van der Waals surface area contributed by atoms with Gasteiger partial charge < -0.3 is 10.5 Å². The molecule has 0 radical (unpaired) electrons. The summed E-state index contributed by atoms with van der Waals surface area (Å²) in [7, 11) is 0. The quantitative estimate of drug-likeness (QED) is 0.592. The van der Waals surface area contributed by atoms with Crippen LogP contribution < -0.4 is 10.5 Å². The summed E-state index contributed by atoms with van der Waals surface area (Å²) < 4.78 is 5.69. The van der Waals surface area contributed by atoms with Crippen LogP contribution in [0.4, 0.5) is 0 Å². The third-order valence-corrected chi connectivity index (χ3v) is 2.45. The Morgan fingerprint density at radius 3 is 2.69 bits per heavy atom. The fourth-order valence-electron chi connectivity index (χ4n) is 1.33. The second kappa shape index (κ2) is 5.54. The molecule has 0 spiro atoms. The summed E-state index contributed by atoms with van der Waals surface area (Å²) in [6, 6.07) is 5.60. The van der Waals surface area contributed by atoms with Gasteiger partial charge in [-0.1, -0.05) is 26.0 Å². The molecule has 3 nitrogen and oxygen atoms in total. The van der Waals surface area contributed by atoms with Crippen molar-refractivity contribution in [2.24, 2.45) is 11.7 Å². The Labute approximate surface area is 97.1 Å². The van der Waals surface area contributed by atoms with Crippen LogP contribution >= 0.6 is 0 Å². The average Bonchev–Trinajstić information content (AvgIpc) is 2.20. The van der Waals surface area contributed by atoms with Crippen molar-refractivity contribution in [1.82, 2.24) is 0 Å². The van der Waals surface area contributed by atoms with E-state index in [1.54, 1.807) is 0 Å². The van der Waals surface area contributed by atoms with Gasteiger partial charge in [-0.05, 0) is 30.9 Å². The van der Waals surface area contributed by atoms with Gasteiger partial charge in [0.25, 0.3) is 0 Å². The van der Waals surface area contributed by atoms with Gasteiger partial charge in [0.15, 0.2) is 0 Å². The minimum absolute atomic E-state index is 0.0775. The Hall–Kier alpha value is -1.51. The summed E-state index contributed by atoms with van der Waals surface area (Å²) in [6.45, 7) is 7.04. The molecular weight excluding hydrogens is 200 g/mol. The van der Waals surface area contributed by atoms with Crippen molar-refractivity contribution in [2.45, 2.75) is 27.2 Å². The van der Waals surface area contributed by atoms with Gasteiger partial charge in [0.2, 0.25) is 0 Å². The van der Waals surface area contributed by atoms with Crippen LogP contribution in [-0.2, 0) is 0 Å². The minimum Gasteiger partial charge on any atom is -0.493 e. The van der Waals surface area contributed by atoms with Crippen LogP contribution in [0.2, 0.25) is 0 Å². The van der Waals surface area contributed by atoms with E-state index in [4.69, 9.17) is 15.9 Å². The molecule has 0 atom stereocenters. The third kappa shape index (κ3) is 3.57. The Balaban J connectivity index is 2.70. The number of aryl methyl sites for hydroxylation is 1. The van der Waals surface area contributed by atoms with Gasteiger partial charge in [-0.25, -0.2) is 0 Å². The fourth-order valence-corrected chi connectivity index (χ4v) is 1.33. The molecule has 1 aromatic rings. The van der Waals surface area contributed by atoms with E-state index in [1.165, 1.54) is 0 Å². The number of rotatable bonds is 5. The largest absolute Gasteiger partial charge is 0.493 e. The van der Waals surface area contributed by atoms with Gasteiger partial charge in [0.1, 0.15) is 11.6 Å². The molecule has 0 aliphatic rings. The van der Waals surface area contributed by atoms with Crippen molar-refractivity contribution in [2.75, 3.05) is 6.61 Å². The van der Waals surface area contributed by atoms with Crippen LogP contribution in [0.15, 0.2) is 18.2 Å². The first-order valence-electron chi connectivity index (χ1n) is 5.58. The predicted molar refractivity (Wildman–Crippen MR) is 67.1 cm³/mol. The molecule has 1 rings (SSSR count). The smallest absolute Gasteiger partial charge is 0.122 e. The topological polar surface area (TPSA) is 59.1 Å². The first-order valence-corrected chi connectivity index (χ1v) is 5.58. The molecular formula is C13H20N2O. The van der Waals surface area contributed by atoms with E-state index >= 15 is 0 Å². The van der Waals surface area contributed by atoms with Crippen LogP contribution in [0.25, 0.3) is 0 Å². The maximum atomic E-state index is 7.37. The third-order valence-electron chi connectivity index (χ3n) is 2.45. The molecule has 88 valence electrons. The van der Waals surface area contributed by atoms with E-state index in [0.717, 1.165) is 17.7 Å². The minimum atomic E-state index is 0.0775. The number of nitrogen functional groups attached to an aromatic ring is 1. The SMILES string of the molecule is Cc1ccc(C(=N)N)cc1OCCC(C)C. The Morgan fingerprint density at radius 2 is 2.12 bits per heavy atom. The zero-order valence-electron chi connectivity index (χ0n) is 10.2. The predicted octanol–water partition coefficient (Wildman–Crippen LogP) is 2.70. The Bertz CT molecular complexity index is 372. The number of hydrogen-bond donors (Lipinski definition) is 2. The Kier molecular flexibility index (Phi) is 4.35. The van der Waals surface area contributed by atoms with E-state index in [1.807, 2.05) is 25.1 Å². The number of amidine groups is 1. The highest BCUT2D eigenvalue weighted by atomic mass is 16.5. The molecule has 0 heterocycles. The summed E-state index contributed by atoms with van der Waals surface area (Å²) >= 11 is 0. The van der Waals surface area contributed by atoms with Crippen LogP contribution in [0.5, 0.6) is 5.75 Å². The molecule has 0 fully saturated rings. The highest BCUT2D eigenvalue weighted by Crippen LogP contribution is 2.20. The van der Waals surface area contributed by atoms with Crippen LogP contribution in [0, 0.1) is 18.3 Å². The maximum Gasteiger partial charge on any atom is 0.122 e. The lowest BCUT2D eigenvalue weighted by molar-refractivity contribution is 0.288. The molecule has 0 unspecified atom stereocenters. The summed E-state index contributed by atoms with van der Waals surface area (Å²) in [5.74, 6) is 1.54. The molecule has 0 aromatic heterocycles. The van der Waals surface area contributed by atoms with Gasteiger partial charge in [-0.3, -0.25) is 5.41 Å². The summed E-state index contributed by atoms with van der Waals surface area (Å²) in [6.07, 6.45) is 1.03. The summed E-state index contributed by atoms with van der Waals surface area (Å²) in [5.41, 5.74) is 7.23. The normalized spacial score (nSPS) is 10.5. The van der Waals surface area contributed by atoms with Crippen molar-refractivity contribution >= 4 is 5.84 Å². The number of benzene rings is 1. The van der Waals surface area contributed by atoms with Crippen molar-refractivity contribution in [3.05, 3.63) is 29.3 Å². The number of hydrogen-bond acceptors (Lipinski definition) is 2. The fraction of sp³-hybridized carbons (Fsp3) is 0.462. The first-order chi connectivity index (χ1) is 7.50.